The summed E-state index contributed by atoms with van der Waals surface area (Å²) < 4.78 is 10.5. The van der Waals surface area contributed by atoms with Crippen molar-refractivity contribution in [2.24, 2.45) is 5.73 Å². The van der Waals surface area contributed by atoms with Crippen LogP contribution in [0.5, 0.6) is 5.75 Å². The first-order valence-corrected chi connectivity index (χ1v) is 8.30. The van der Waals surface area contributed by atoms with Gasteiger partial charge >= 0.3 is 0 Å². The van der Waals surface area contributed by atoms with Crippen molar-refractivity contribution < 1.29 is 14.1 Å². The van der Waals surface area contributed by atoms with Crippen molar-refractivity contribution in [1.29, 1.82) is 0 Å². The maximum absolute atomic E-state index is 11.9. The molecule has 27 heavy (non-hydrogen) atoms. The van der Waals surface area contributed by atoms with E-state index < -0.39 is 6.04 Å². The van der Waals surface area contributed by atoms with Gasteiger partial charge in [-0.15, -0.1) is 24.8 Å². The van der Waals surface area contributed by atoms with Gasteiger partial charge < -0.3 is 19.9 Å². The standard InChI is InChI=1S/C17H23N5O3.2ClH/c1-12(18)17(23)22-9-7-21(8-10-22)11-15-19-16(20-25-15)13-3-5-14(24-2)6-4-13;;/h3-6,12H,7-11,18H2,1-2H3;2*1H/t12-;;/m1../s1. The fraction of sp³-hybridized carbons (Fsp3) is 0.471. The molecule has 1 aliphatic heterocycles. The van der Waals surface area contributed by atoms with E-state index in [1.54, 1.807) is 18.9 Å². The summed E-state index contributed by atoms with van der Waals surface area (Å²) >= 11 is 0. The molecule has 0 aliphatic carbocycles. The molecule has 1 atom stereocenters. The highest BCUT2D eigenvalue weighted by atomic mass is 35.5. The van der Waals surface area contributed by atoms with Gasteiger partial charge in [-0.1, -0.05) is 5.16 Å². The summed E-state index contributed by atoms with van der Waals surface area (Å²) in [4.78, 5) is 20.3. The van der Waals surface area contributed by atoms with Crippen molar-refractivity contribution >= 4 is 30.7 Å². The second-order valence-corrected chi connectivity index (χ2v) is 6.13. The molecule has 150 valence electrons. The van der Waals surface area contributed by atoms with E-state index in [-0.39, 0.29) is 30.7 Å². The van der Waals surface area contributed by atoms with E-state index in [4.69, 9.17) is 15.0 Å². The number of methoxy groups -OCH3 is 1. The monoisotopic (exact) mass is 417 g/mol. The highest BCUT2D eigenvalue weighted by Crippen LogP contribution is 2.20. The fourth-order valence-corrected chi connectivity index (χ4v) is 2.78. The Morgan fingerprint density at radius 2 is 1.85 bits per heavy atom. The Kier molecular flexibility index (Phi) is 8.98. The van der Waals surface area contributed by atoms with Crippen LogP contribution in [0.4, 0.5) is 0 Å². The Morgan fingerprint density at radius 3 is 2.41 bits per heavy atom. The van der Waals surface area contributed by atoms with Crippen molar-refractivity contribution in [1.82, 2.24) is 19.9 Å². The van der Waals surface area contributed by atoms with Crippen molar-refractivity contribution in [2.75, 3.05) is 33.3 Å². The first-order valence-electron chi connectivity index (χ1n) is 8.30. The largest absolute Gasteiger partial charge is 0.497 e. The smallest absolute Gasteiger partial charge is 0.241 e. The van der Waals surface area contributed by atoms with E-state index in [1.807, 2.05) is 24.3 Å². The highest BCUT2D eigenvalue weighted by Gasteiger charge is 2.24. The number of rotatable bonds is 5. The molecule has 0 unspecified atom stereocenters. The number of aromatic nitrogens is 2. The Balaban J connectivity index is 0.00000182. The van der Waals surface area contributed by atoms with E-state index in [2.05, 4.69) is 15.0 Å². The number of carbonyl (C=O) groups excluding carboxylic acids is 1. The fourth-order valence-electron chi connectivity index (χ4n) is 2.78. The van der Waals surface area contributed by atoms with Crippen LogP contribution in [0.3, 0.4) is 0 Å². The molecule has 0 radical (unpaired) electrons. The van der Waals surface area contributed by atoms with Gasteiger partial charge in [-0.05, 0) is 31.2 Å². The maximum Gasteiger partial charge on any atom is 0.241 e. The minimum absolute atomic E-state index is 0. The summed E-state index contributed by atoms with van der Waals surface area (Å²) in [6.07, 6.45) is 0. The lowest BCUT2D eigenvalue weighted by Gasteiger charge is -2.34. The van der Waals surface area contributed by atoms with Crippen LogP contribution in [-0.2, 0) is 11.3 Å². The summed E-state index contributed by atoms with van der Waals surface area (Å²) in [6.45, 7) is 5.15. The Hall–Kier alpha value is -1.87. The van der Waals surface area contributed by atoms with Crippen LogP contribution in [0.1, 0.15) is 12.8 Å². The zero-order chi connectivity index (χ0) is 17.8. The van der Waals surface area contributed by atoms with Crippen LogP contribution in [0.25, 0.3) is 11.4 Å². The molecule has 1 fully saturated rings. The molecule has 3 rings (SSSR count). The lowest BCUT2D eigenvalue weighted by Crippen LogP contribution is -2.52. The zero-order valence-electron chi connectivity index (χ0n) is 15.3. The first kappa shape index (κ1) is 23.2. The number of nitrogens with zero attached hydrogens (tertiary/aromatic N) is 4. The summed E-state index contributed by atoms with van der Waals surface area (Å²) in [5.41, 5.74) is 6.53. The zero-order valence-corrected chi connectivity index (χ0v) is 17.0. The predicted molar refractivity (Wildman–Crippen MR) is 106 cm³/mol. The average Bonchev–Trinajstić information content (AvgIpc) is 3.10. The molecule has 1 amide bonds. The minimum atomic E-state index is -0.449. The number of amides is 1. The molecule has 10 heteroatoms. The molecule has 1 aliphatic rings. The van der Waals surface area contributed by atoms with Crippen LogP contribution < -0.4 is 10.5 Å². The van der Waals surface area contributed by atoms with Gasteiger partial charge in [0, 0.05) is 31.7 Å². The third-order valence-electron chi connectivity index (χ3n) is 4.25. The predicted octanol–water partition coefficient (Wildman–Crippen LogP) is 1.58. The van der Waals surface area contributed by atoms with Crippen LogP contribution in [0.2, 0.25) is 0 Å². The van der Waals surface area contributed by atoms with Gasteiger partial charge in [0.05, 0.1) is 19.7 Å². The Morgan fingerprint density at radius 1 is 1.22 bits per heavy atom. The molecule has 1 aromatic carbocycles. The topological polar surface area (TPSA) is 97.7 Å². The Labute approximate surface area is 170 Å². The number of piperazine rings is 1. The van der Waals surface area contributed by atoms with Crippen LogP contribution in [0, 0.1) is 0 Å². The first-order chi connectivity index (χ1) is 12.1. The second-order valence-electron chi connectivity index (χ2n) is 6.13. The third kappa shape index (κ3) is 5.80. The van der Waals surface area contributed by atoms with E-state index in [0.29, 0.717) is 31.3 Å². The molecule has 2 aromatic rings. The summed E-state index contributed by atoms with van der Waals surface area (Å²) in [5, 5.41) is 4.04. The van der Waals surface area contributed by atoms with Crippen molar-refractivity contribution in [3.8, 4) is 17.1 Å². The average molecular weight is 418 g/mol. The number of ether oxygens (including phenoxy) is 1. The van der Waals surface area contributed by atoms with Crippen molar-refractivity contribution in [3.63, 3.8) is 0 Å². The molecule has 0 saturated carbocycles. The van der Waals surface area contributed by atoms with Gasteiger partial charge in [-0.3, -0.25) is 9.69 Å². The van der Waals surface area contributed by atoms with Crippen LogP contribution in [-0.4, -0.2) is 65.2 Å². The SMILES string of the molecule is COc1ccc(-c2noc(CN3CCN(C(=O)[C@@H](C)N)CC3)n2)cc1.Cl.Cl. The Bertz CT molecular complexity index is 716. The number of nitrogens with two attached hydrogens (primary N) is 1. The van der Waals surface area contributed by atoms with Gasteiger partial charge in [-0.2, -0.15) is 4.98 Å². The van der Waals surface area contributed by atoms with Gasteiger partial charge in [0.1, 0.15) is 5.75 Å². The van der Waals surface area contributed by atoms with Crippen molar-refractivity contribution in [3.05, 3.63) is 30.2 Å². The molecule has 0 spiro atoms. The number of halogens is 2. The maximum atomic E-state index is 11.9. The summed E-state index contributed by atoms with van der Waals surface area (Å²) in [5.74, 6) is 1.91. The number of hydrogen-bond donors (Lipinski definition) is 1. The number of carbonyl (C=O) groups is 1. The van der Waals surface area contributed by atoms with Gasteiger partial charge in [0.25, 0.3) is 0 Å². The molecule has 1 aromatic heterocycles. The lowest BCUT2D eigenvalue weighted by atomic mass is 10.2. The molecular weight excluding hydrogens is 393 g/mol. The highest BCUT2D eigenvalue weighted by molar-refractivity contribution is 5.85. The molecule has 0 bridgehead atoms. The number of benzene rings is 1. The lowest BCUT2D eigenvalue weighted by molar-refractivity contribution is -0.134. The second kappa shape index (κ2) is 10.5. The molecule has 2 heterocycles. The molecular formula is C17H25Cl2N5O3. The van der Waals surface area contributed by atoms with Crippen LogP contribution in [0.15, 0.2) is 28.8 Å². The third-order valence-corrected chi connectivity index (χ3v) is 4.25. The molecule has 1 saturated heterocycles. The normalized spacial score (nSPS) is 15.4. The van der Waals surface area contributed by atoms with E-state index >= 15 is 0 Å². The van der Waals surface area contributed by atoms with Crippen LogP contribution >= 0.6 is 24.8 Å². The quantitative estimate of drug-likeness (QED) is 0.787. The molecule has 2 N–H and O–H groups in total. The van der Waals surface area contributed by atoms with E-state index in [9.17, 15) is 4.79 Å². The van der Waals surface area contributed by atoms with E-state index in [0.717, 1.165) is 24.4 Å². The molecule has 8 nitrogen and oxygen atoms in total. The summed E-state index contributed by atoms with van der Waals surface area (Å²) in [7, 11) is 1.63. The number of hydrogen-bond acceptors (Lipinski definition) is 7. The van der Waals surface area contributed by atoms with Crippen molar-refractivity contribution in [2.45, 2.75) is 19.5 Å². The van der Waals surface area contributed by atoms with Gasteiger partial charge in [-0.25, -0.2) is 0 Å². The summed E-state index contributed by atoms with van der Waals surface area (Å²) in [6, 6.07) is 7.06. The van der Waals surface area contributed by atoms with Gasteiger partial charge in [0.2, 0.25) is 17.6 Å². The van der Waals surface area contributed by atoms with E-state index in [1.165, 1.54) is 0 Å². The minimum Gasteiger partial charge on any atom is -0.497 e. The van der Waals surface area contributed by atoms with Gasteiger partial charge in [0.15, 0.2) is 0 Å².